The van der Waals surface area contributed by atoms with Crippen LogP contribution in [0.25, 0.3) is 0 Å². The first kappa shape index (κ1) is 14.5. The molecule has 1 heterocycles. The van der Waals surface area contributed by atoms with Gasteiger partial charge in [-0.05, 0) is 25.0 Å². The molecule has 100 valence electrons. The molecule has 5 heteroatoms. The van der Waals surface area contributed by atoms with Gasteiger partial charge in [-0.15, -0.1) is 0 Å². The Balaban J connectivity index is 0.000000199. The van der Waals surface area contributed by atoms with Crippen molar-refractivity contribution in [3.63, 3.8) is 0 Å². The third kappa shape index (κ3) is 6.88. The van der Waals surface area contributed by atoms with Gasteiger partial charge in [-0.3, -0.25) is 4.79 Å². The van der Waals surface area contributed by atoms with E-state index in [0.717, 1.165) is 31.6 Å². The van der Waals surface area contributed by atoms with Gasteiger partial charge in [0.05, 0.1) is 0 Å². The van der Waals surface area contributed by atoms with Crippen molar-refractivity contribution in [1.82, 2.24) is 5.48 Å². The summed E-state index contributed by atoms with van der Waals surface area (Å²) < 4.78 is 5.19. The fourth-order valence-electron chi connectivity index (χ4n) is 1.41. The van der Waals surface area contributed by atoms with Crippen molar-refractivity contribution < 1.29 is 14.4 Å². The van der Waals surface area contributed by atoms with Gasteiger partial charge in [0.25, 0.3) is 0 Å². The van der Waals surface area contributed by atoms with Crippen molar-refractivity contribution >= 4 is 11.6 Å². The minimum Gasteiger partial charge on any atom is -0.399 e. The third-order valence-corrected chi connectivity index (χ3v) is 2.27. The monoisotopic (exact) mass is 252 g/mol. The lowest BCUT2D eigenvalue weighted by Gasteiger charge is -2.21. The van der Waals surface area contributed by atoms with Crippen LogP contribution in [0.4, 0.5) is 5.69 Å². The standard InChI is InChI=1S/C7H13NO3.C6H7N/c1-6(9)8-11-7-4-2-3-5-10-7;7-6-4-2-1-3-5-6/h7H,2-5H2,1H3,(H,8,9);1-5H,7H2. The highest BCUT2D eigenvalue weighted by molar-refractivity contribution is 5.71. The Kier molecular flexibility index (Phi) is 6.83. The van der Waals surface area contributed by atoms with Crippen LogP contribution in [0.1, 0.15) is 26.2 Å². The van der Waals surface area contributed by atoms with Crippen molar-refractivity contribution in [1.29, 1.82) is 0 Å². The van der Waals surface area contributed by atoms with Gasteiger partial charge in [0.15, 0.2) is 6.29 Å². The number of nitrogens with one attached hydrogen (secondary N) is 1. The lowest BCUT2D eigenvalue weighted by atomic mass is 10.2. The second-order valence-corrected chi connectivity index (χ2v) is 3.98. The fraction of sp³-hybridized carbons (Fsp3) is 0.462. The SMILES string of the molecule is CC(=O)NOC1CCCCO1.Nc1ccccc1. The summed E-state index contributed by atoms with van der Waals surface area (Å²) in [7, 11) is 0. The molecule has 0 aromatic heterocycles. The average molecular weight is 252 g/mol. The minimum atomic E-state index is -0.243. The lowest BCUT2D eigenvalue weighted by molar-refractivity contribution is -0.199. The Bertz CT molecular complexity index is 337. The summed E-state index contributed by atoms with van der Waals surface area (Å²) in [5, 5.41) is 0. The van der Waals surface area contributed by atoms with Crippen LogP contribution >= 0.6 is 0 Å². The Morgan fingerprint density at radius 2 is 2.11 bits per heavy atom. The number of anilines is 1. The Hall–Kier alpha value is -1.59. The van der Waals surface area contributed by atoms with Crippen LogP contribution < -0.4 is 11.2 Å². The van der Waals surface area contributed by atoms with E-state index < -0.39 is 0 Å². The largest absolute Gasteiger partial charge is 0.399 e. The maximum Gasteiger partial charge on any atom is 0.240 e. The van der Waals surface area contributed by atoms with Crippen LogP contribution in [0, 0.1) is 0 Å². The quantitative estimate of drug-likeness (QED) is 0.622. The number of carbonyl (C=O) groups is 1. The number of hydrogen-bond acceptors (Lipinski definition) is 4. The second-order valence-electron chi connectivity index (χ2n) is 3.98. The Labute approximate surface area is 107 Å². The highest BCUT2D eigenvalue weighted by atomic mass is 16.8. The van der Waals surface area contributed by atoms with Gasteiger partial charge < -0.3 is 10.5 Å². The van der Waals surface area contributed by atoms with Crippen LogP contribution in [0.15, 0.2) is 30.3 Å². The Morgan fingerprint density at radius 1 is 1.39 bits per heavy atom. The van der Waals surface area contributed by atoms with E-state index in [1.54, 1.807) is 0 Å². The number of ether oxygens (including phenoxy) is 1. The molecule has 1 fully saturated rings. The molecule has 18 heavy (non-hydrogen) atoms. The first-order valence-corrected chi connectivity index (χ1v) is 6.03. The van der Waals surface area contributed by atoms with E-state index in [2.05, 4.69) is 5.48 Å². The molecule has 3 N–H and O–H groups in total. The van der Waals surface area contributed by atoms with E-state index >= 15 is 0 Å². The zero-order chi connectivity index (χ0) is 13.2. The molecule has 1 saturated heterocycles. The molecule has 1 aromatic rings. The molecule has 0 radical (unpaired) electrons. The van der Waals surface area contributed by atoms with Crippen LogP contribution in [0.3, 0.4) is 0 Å². The highest BCUT2D eigenvalue weighted by Crippen LogP contribution is 2.12. The molecule has 1 aliphatic heterocycles. The zero-order valence-electron chi connectivity index (χ0n) is 10.6. The third-order valence-electron chi connectivity index (χ3n) is 2.27. The molecule has 1 aliphatic rings. The van der Waals surface area contributed by atoms with Gasteiger partial charge in [0, 0.05) is 25.6 Å². The normalized spacial score (nSPS) is 18.4. The summed E-state index contributed by atoms with van der Waals surface area (Å²) in [5.41, 5.74) is 8.43. The van der Waals surface area contributed by atoms with Crippen molar-refractivity contribution in [2.24, 2.45) is 0 Å². The van der Waals surface area contributed by atoms with Crippen molar-refractivity contribution in [2.75, 3.05) is 12.3 Å². The van der Waals surface area contributed by atoms with E-state index in [-0.39, 0.29) is 12.2 Å². The average Bonchev–Trinajstić information content (AvgIpc) is 2.39. The molecular weight excluding hydrogens is 232 g/mol. The number of hydroxylamine groups is 1. The van der Waals surface area contributed by atoms with E-state index in [9.17, 15) is 4.79 Å². The van der Waals surface area contributed by atoms with Crippen LogP contribution in [-0.2, 0) is 14.4 Å². The van der Waals surface area contributed by atoms with Crippen LogP contribution in [-0.4, -0.2) is 18.8 Å². The molecule has 1 atom stereocenters. The van der Waals surface area contributed by atoms with E-state index in [4.69, 9.17) is 15.3 Å². The molecular formula is C13H20N2O3. The number of benzene rings is 1. The van der Waals surface area contributed by atoms with E-state index in [0.29, 0.717) is 0 Å². The molecule has 0 bridgehead atoms. The first-order valence-electron chi connectivity index (χ1n) is 6.03. The number of carbonyl (C=O) groups excluding carboxylic acids is 1. The number of hydrogen-bond donors (Lipinski definition) is 2. The molecule has 5 nitrogen and oxygen atoms in total. The number of amides is 1. The van der Waals surface area contributed by atoms with Crippen LogP contribution in [0.2, 0.25) is 0 Å². The molecule has 1 aromatic carbocycles. The predicted molar refractivity (Wildman–Crippen MR) is 69.3 cm³/mol. The van der Waals surface area contributed by atoms with Crippen molar-refractivity contribution in [3.05, 3.63) is 30.3 Å². The van der Waals surface area contributed by atoms with E-state index in [1.807, 2.05) is 30.3 Å². The van der Waals surface area contributed by atoms with Crippen molar-refractivity contribution in [3.8, 4) is 0 Å². The van der Waals surface area contributed by atoms with Crippen LogP contribution in [0.5, 0.6) is 0 Å². The highest BCUT2D eigenvalue weighted by Gasteiger charge is 2.14. The van der Waals surface area contributed by atoms with Gasteiger partial charge in [-0.2, -0.15) is 0 Å². The number of nitrogen functional groups attached to an aromatic ring is 1. The summed E-state index contributed by atoms with van der Waals surface area (Å²) >= 11 is 0. The topological polar surface area (TPSA) is 73.6 Å². The Morgan fingerprint density at radius 3 is 2.56 bits per heavy atom. The molecule has 1 amide bonds. The molecule has 0 saturated carbocycles. The summed E-state index contributed by atoms with van der Waals surface area (Å²) in [6.07, 6.45) is 2.80. The summed E-state index contributed by atoms with van der Waals surface area (Å²) in [4.78, 5) is 15.3. The number of para-hydroxylation sites is 1. The predicted octanol–water partition coefficient (Wildman–Crippen LogP) is 1.85. The molecule has 0 spiro atoms. The zero-order valence-corrected chi connectivity index (χ0v) is 10.6. The summed E-state index contributed by atoms with van der Waals surface area (Å²) in [6.45, 7) is 2.13. The van der Waals surface area contributed by atoms with Gasteiger partial charge >= 0.3 is 0 Å². The molecule has 2 rings (SSSR count). The first-order chi connectivity index (χ1) is 8.68. The lowest BCUT2D eigenvalue weighted by Crippen LogP contribution is -2.31. The molecule has 1 unspecified atom stereocenters. The van der Waals surface area contributed by atoms with Crippen molar-refractivity contribution in [2.45, 2.75) is 32.5 Å². The van der Waals surface area contributed by atoms with E-state index in [1.165, 1.54) is 6.92 Å². The van der Waals surface area contributed by atoms with Gasteiger partial charge in [-0.1, -0.05) is 18.2 Å². The maximum atomic E-state index is 10.4. The summed E-state index contributed by atoms with van der Waals surface area (Å²) in [5.74, 6) is -0.195. The van der Waals surface area contributed by atoms with Gasteiger partial charge in [0.1, 0.15) is 0 Å². The maximum absolute atomic E-state index is 10.4. The second kappa shape index (κ2) is 8.49. The van der Waals surface area contributed by atoms with Gasteiger partial charge in [-0.25, -0.2) is 10.3 Å². The summed E-state index contributed by atoms with van der Waals surface area (Å²) in [6, 6.07) is 9.49. The molecule has 0 aliphatic carbocycles. The number of rotatable bonds is 2. The fourth-order valence-corrected chi connectivity index (χ4v) is 1.41. The van der Waals surface area contributed by atoms with Gasteiger partial charge in [0.2, 0.25) is 5.91 Å². The smallest absolute Gasteiger partial charge is 0.240 e. The minimum absolute atomic E-state index is 0.195. The number of nitrogens with two attached hydrogens (primary N) is 1.